The zero-order valence-electron chi connectivity index (χ0n) is 6.77. The van der Waals surface area contributed by atoms with E-state index in [9.17, 15) is 0 Å². The number of fused-ring (bicyclic) bond motifs is 1. The van der Waals surface area contributed by atoms with E-state index in [4.69, 9.17) is 14.2 Å². The summed E-state index contributed by atoms with van der Waals surface area (Å²) in [6.45, 7) is 0.290. The number of hydrogen-bond acceptors (Lipinski definition) is 4. The lowest BCUT2D eigenvalue weighted by Crippen LogP contribution is -1.99. The summed E-state index contributed by atoms with van der Waals surface area (Å²) in [6, 6.07) is 5.49. The zero-order valence-corrected chi connectivity index (χ0v) is 6.77. The predicted octanol–water partition coefficient (Wildman–Crippen LogP) is 1.20. The van der Waals surface area contributed by atoms with Gasteiger partial charge in [-0.2, -0.15) is 0 Å². The van der Waals surface area contributed by atoms with E-state index in [1.54, 1.807) is 6.21 Å². The molecule has 0 fully saturated rings. The van der Waals surface area contributed by atoms with Gasteiger partial charge in [-0.1, -0.05) is 0 Å². The van der Waals surface area contributed by atoms with Crippen LogP contribution < -0.4 is 14.2 Å². The minimum Gasteiger partial charge on any atom is -0.463 e. The van der Waals surface area contributed by atoms with Gasteiger partial charge in [-0.25, -0.2) is 4.99 Å². The minimum atomic E-state index is -0.0691. The van der Waals surface area contributed by atoms with Crippen molar-refractivity contribution in [3.05, 3.63) is 18.2 Å². The van der Waals surface area contributed by atoms with Gasteiger partial charge in [-0.15, -0.1) is 0 Å². The summed E-state index contributed by atoms with van der Waals surface area (Å²) in [5.74, 6) is 2.26. The number of aliphatic imine (C=N–C) groups is 1. The molecule has 1 aromatic carbocycles. The van der Waals surface area contributed by atoms with Crippen molar-refractivity contribution in [2.75, 3.05) is 6.79 Å². The molecule has 4 heteroatoms. The number of hydrogen-bond donors (Lipinski definition) is 0. The lowest BCUT2D eigenvalue weighted by atomic mass is 10.3. The summed E-state index contributed by atoms with van der Waals surface area (Å²) in [5.41, 5.74) is 0. The fourth-order valence-corrected chi connectivity index (χ4v) is 1.19. The normalized spacial score (nSPS) is 21.7. The van der Waals surface area contributed by atoms with Crippen molar-refractivity contribution in [1.29, 1.82) is 0 Å². The molecule has 3 rings (SSSR count). The molecule has 0 spiro atoms. The number of rotatable bonds is 2. The lowest BCUT2D eigenvalue weighted by molar-refractivity contribution is 0.173. The van der Waals surface area contributed by atoms with Crippen molar-refractivity contribution in [2.45, 2.75) is 6.23 Å². The molecular formula is C9H7NO3. The van der Waals surface area contributed by atoms with Crippen LogP contribution in [0, 0.1) is 0 Å². The summed E-state index contributed by atoms with van der Waals surface area (Å²) >= 11 is 0. The summed E-state index contributed by atoms with van der Waals surface area (Å²) in [7, 11) is 0. The van der Waals surface area contributed by atoms with Crippen LogP contribution >= 0.6 is 0 Å². The Kier molecular flexibility index (Phi) is 1.24. The Labute approximate surface area is 74.8 Å². The molecule has 13 heavy (non-hydrogen) atoms. The fraction of sp³-hybridized carbons (Fsp3) is 0.222. The highest BCUT2D eigenvalue weighted by atomic mass is 16.7. The van der Waals surface area contributed by atoms with E-state index in [2.05, 4.69) is 4.99 Å². The Morgan fingerprint density at radius 3 is 3.00 bits per heavy atom. The van der Waals surface area contributed by atoms with E-state index in [0.29, 0.717) is 6.79 Å². The van der Waals surface area contributed by atoms with E-state index in [0.717, 1.165) is 17.2 Å². The van der Waals surface area contributed by atoms with Gasteiger partial charge in [-0.3, -0.25) is 0 Å². The van der Waals surface area contributed by atoms with E-state index >= 15 is 0 Å². The molecule has 1 aromatic rings. The Morgan fingerprint density at radius 1 is 1.31 bits per heavy atom. The van der Waals surface area contributed by atoms with Crippen LogP contribution in [0.15, 0.2) is 23.2 Å². The molecule has 0 saturated heterocycles. The molecule has 4 nitrogen and oxygen atoms in total. The highest BCUT2D eigenvalue weighted by Crippen LogP contribution is 2.35. The molecule has 2 aliphatic rings. The van der Waals surface area contributed by atoms with Crippen molar-refractivity contribution < 1.29 is 14.2 Å². The first-order valence-corrected chi connectivity index (χ1v) is 4.01. The third-order valence-electron chi connectivity index (χ3n) is 1.87. The molecule has 0 N–H and O–H groups in total. The number of nitrogens with zero attached hydrogens (tertiary/aromatic N) is 1. The van der Waals surface area contributed by atoms with Gasteiger partial charge in [0.25, 0.3) is 0 Å². The minimum absolute atomic E-state index is 0.0691. The molecule has 1 atom stereocenters. The molecular weight excluding hydrogens is 170 g/mol. The largest absolute Gasteiger partial charge is 0.463 e. The maximum atomic E-state index is 5.39. The SMILES string of the molecule is C1=NC1Oc1ccc2c(c1)OCO2. The van der Waals surface area contributed by atoms with Gasteiger partial charge in [0.15, 0.2) is 11.5 Å². The summed E-state index contributed by atoms with van der Waals surface area (Å²) < 4.78 is 15.8. The van der Waals surface area contributed by atoms with Gasteiger partial charge < -0.3 is 14.2 Å². The van der Waals surface area contributed by atoms with Gasteiger partial charge in [0.2, 0.25) is 13.0 Å². The second-order valence-electron chi connectivity index (χ2n) is 2.82. The molecule has 0 aliphatic carbocycles. The third kappa shape index (κ3) is 1.20. The first-order chi connectivity index (χ1) is 6.42. The number of ether oxygens (including phenoxy) is 3. The average molecular weight is 177 g/mol. The van der Waals surface area contributed by atoms with Crippen molar-refractivity contribution in [3.8, 4) is 17.2 Å². The average Bonchev–Trinajstić information content (AvgIpc) is 2.83. The molecule has 0 aromatic heterocycles. The second-order valence-corrected chi connectivity index (χ2v) is 2.82. The van der Waals surface area contributed by atoms with Gasteiger partial charge in [-0.05, 0) is 12.1 Å². The Hall–Kier alpha value is -1.71. The number of benzene rings is 1. The van der Waals surface area contributed by atoms with Crippen molar-refractivity contribution in [3.63, 3.8) is 0 Å². The molecule has 0 radical (unpaired) electrons. The zero-order chi connectivity index (χ0) is 8.67. The van der Waals surface area contributed by atoms with Crippen LogP contribution in [0.1, 0.15) is 0 Å². The first-order valence-electron chi connectivity index (χ1n) is 4.01. The molecule has 66 valence electrons. The van der Waals surface area contributed by atoms with Gasteiger partial charge in [0.05, 0.1) is 6.21 Å². The molecule has 0 saturated carbocycles. The van der Waals surface area contributed by atoms with Gasteiger partial charge in [0, 0.05) is 6.07 Å². The van der Waals surface area contributed by atoms with Crippen LogP contribution in [0.25, 0.3) is 0 Å². The molecule has 0 bridgehead atoms. The standard InChI is InChI=1S/C9H7NO3/c1-2-7-8(12-5-11-7)3-6(1)13-9-4-10-9/h1-4,9H,5H2. The first kappa shape index (κ1) is 6.77. The van der Waals surface area contributed by atoms with E-state index in [1.807, 2.05) is 18.2 Å². The van der Waals surface area contributed by atoms with Gasteiger partial charge >= 0.3 is 0 Å². The third-order valence-corrected chi connectivity index (χ3v) is 1.87. The van der Waals surface area contributed by atoms with Crippen LogP contribution in [0.3, 0.4) is 0 Å². The Bertz CT molecular complexity index is 369. The van der Waals surface area contributed by atoms with E-state index in [1.165, 1.54) is 0 Å². The monoisotopic (exact) mass is 177 g/mol. The predicted molar refractivity (Wildman–Crippen MR) is 45.5 cm³/mol. The van der Waals surface area contributed by atoms with Crippen LogP contribution in [0.5, 0.6) is 17.2 Å². The fourth-order valence-electron chi connectivity index (χ4n) is 1.19. The maximum Gasteiger partial charge on any atom is 0.231 e. The summed E-state index contributed by atoms with van der Waals surface area (Å²) in [4.78, 5) is 3.87. The highest BCUT2D eigenvalue weighted by molar-refractivity contribution is 5.76. The lowest BCUT2D eigenvalue weighted by Gasteiger charge is -2.03. The molecule has 0 amide bonds. The van der Waals surface area contributed by atoms with E-state index in [-0.39, 0.29) is 6.23 Å². The molecule has 2 aliphatic heterocycles. The quantitative estimate of drug-likeness (QED) is 0.681. The van der Waals surface area contributed by atoms with Crippen molar-refractivity contribution in [1.82, 2.24) is 0 Å². The van der Waals surface area contributed by atoms with Crippen molar-refractivity contribution >= 4 is 6.21 Å². The van der Waals surface area contributed by atoms with Crippen LogP contribution in [-0.4, -0.2) is 19.2 Å². The second kappa shape index (κ2) is 2.39. The molecule has 2 heterocycles. The molecule has 1 unspecified atom stereocenters. The van der Waals surface area contributed by atoms with Crippen LogP contribution in [0.2, 0.25) is 0 Å². The van der Waals surface area contributed by atoms with Crippen LogP contribution in [0.4, 0.5) is 0 Å². The topological polar surface area (TPSA) is 40.0 Å². The van der Waals surface area contributed by atoms with E-state index < -0.39 is 0 Å². The highest BCUT2D eigenvalue weighted by Gasteiger charge is 2.18. The summed E-state index contributed by atoms with van der Waals surface area (Å²) in [5, 5.41) is 0. The van der Waals surface area contributed by atoms with Crippen LogP contribution in [-0.2, 0) is 0 Å². The Balaban J connectivity index is 1.86. The maximum absolute atomic E-state index is 5.39. The smallest absolute Gasteiger partial charge is 0.231 e. The summed E-state index contributed by atoms with van der Waals surface area (Å²) in [6.07, 6.45) is 1.67. The van der Waals surface area contributed by atoms with Gasteiger partial charge in [0.1, 0.15) is 5.75 Å². The van der Waals surface area contributed by atoms with Crippen molar-refractivity contribution in [2.24, 2.45) is 4.99 Å². The Morgan fingerprint density at radius 2 is 2.15 bits per heavy atom.